The van der Waals surface area contributed by atoms with E-state index in [0.717, 1.165) is 21.0 Å². The molecule has 0 spiro atoms. The minimum atomic E-state index is -4.00. The summed E-state index contributed by atoms with van der Waals surface area (Å²) in [7, 11) is -4.00. The van der Waals surface area contributed by atoms with Gasteiger partial charge in [0.2, 0.25) is 5.91 Å². The van der Waals surface area contributed by atoms with Crippen molar-refractivity contribution in [1.82, 2.24) is 5.32 Å². The van der Waals surface area contributed by atoms with Crippen LogP contribution in [-0.2, 0) is 14.8 Å². The number of nitrogens with one attached hydrogen (secondary N) is 1. The number of nitrogens with zero attached hydrogens (tertiary/aromatic N) is 1. The van der Waals surface area contributed by atoms with Crippen LogP contribution >= 0.6 is 11.6 Å². The standard InChI is InChI=1S/C28H25ClN2O3S/c1-21-12-14-23(15-13-21)28(22-8-4-2-5-9-22)30-27(32)20-31(25-18-16-24(29)17-19-25)35(33,34)26-10-6-3-7-11-26/h2-19,28H,20H2,1H3,(H,30,32). The molecule has 0 heterocycles. The van der Waals surface area contributed by atoms with E-state index in [1.54, 1.807) is 42.5 Å². The SMILES string of the molecule is Cc1ccc(C(NC(=O)CN(c2ccc(Cl)cc2)S(=O)(=O)c2ccccc2)c2ccccc2)cc1. The third kappa shape index (κ3) is 5.91. The second-order valence-electron chi connectivity index (χ2n) is 8.12. The summed E-state index contributed by atoms with van der Waals surface area (Å²) in [5.41, 5.74) is 3.25. The van der Waals surface area contributed by atoms with Crippen LogP contribution in [0.1, 0.15) is 22.7 Å². The summed E-state index contributed by atoms with van der Waals surface area (Å²) in [4.78, 5) is 13.5. The molecule has 0 aliphatic heterocycles. The molecular formula is C28H25ClN2O3S. The first-order valence-corrected chi connectivity index (χ1v) is 12.9. The van der Waals surface area contributed by atoms with Gasteiger partial charge in [-0.05, 0) is 54.4 Å². The van der Waals surface area contributed by atoms with Crippen LogP contribution in [0.25, 0.3) is 0 Å². The van der Waals surface area contributed by atoms with Crippen LogP contribution in [0.15, 0.2) is 114 Å². The lowest BCUT2D eigenvalue weighted by molar-refractivity contribution is -0.120. The molecule has 0 fully saturated rings. The van der Waals surface area contributed by atoms with Gasteiger partial charge in [-0.1, -0.05) is 90.0 Å². The Labute approximate surface area is 211 Å². The van der Waals surface area contributed by atoms with Gasteiger partial charge < -0.3 is 5.32 Å². The van der Waals surface area contributed by atoms with Gasteiger partial charge in [0.15, 0.2) is 0 Å². The van der Waals surface area contributed by atoms with Crippen LogP contribution in [0.3, 0.4) is 0 Å². The van der Waals surface area contributed by atoms with E-state index < -0.39 is 28.5 Å². The predicted molar refractivity (Wildman–Crippen MR) is 140 cm³/mol. The first-order valence-electron chi connectivity index (χ1n) is 11.1. The number of carbonyl (C=O) groups excluding carboxylic acids is 1. The number of hydrogen-bond acceptors (Lipinski definition) is 3. The minimum Gasteiger partial charge on any atom is -0.344 e. The zero-order valence-electron chi connectivity index (χ0n) is 19.1. The quantitative estimate of drug-likeness (QED) is 0.332. The molecule has 1 unspecified atom stereocenters. The third-order valence-corrected chi connectivity index (χ3v) is 7.62. The van der Waals surface area contributed by atoms with Crippen molar-refractivity contribution in [2.75, 3.05) is 10.8 Å². The van der Waals surface area contributed by atoms with Crippen molar-refractivity contribution < 1.29 is 13.2 Å². The number of sulfonamides is 1. The zero-order chi connectivity index (χ0) is 24.8. The Morgan fingerprint density at radius 3 is 1.94 bits per heavy atom. The van der Waals surface area contributed by atoms with Crippen LogP contribution in [0.5, 0.6) is 0 Å². The van der Waals surface area contributed by atoms with Gasteiger partial charge in [0, 0.05) is 5.02 Å². The Balaban J connectivity index is 1.67. The Morgan fingerprint density at radius 1 is 0.800 bits per heavy atom. The van der Waals surface area contributed by atoms with Crippen molar-refractivity contribution in [2.45, 2.75) is 17.9 Å². The van der Waals surface area contributed by atoms with E-state index in [0.29, 0.717) is 10.7 Å². The lowest BCUT2D eigenvalue weighted by atomic mass is 9.98. The molecule has 4 aromatic carbocycles. The highest BCUT2D eigenvalue weighted by Crippen LogP contribution is 2.26. The number of amides is 1. The topological polar surface area (TPSA) is 66.5 Å². The van der Waals surface area contributed by atoms with Gasteiger partial charge in [0.25, 0.3) is 10.0 Å². The van der Waals surface area contributed by atoms with Gasteiger partial charge in [-0.15, -0.1) is 0 Å². The number of carbonyl (C=O) groups is 1. The Hall–Kier alpha value is -3.61. The van der Waals surface area contributed by atoms with Gasteiger partial charge in [-0.3, -0.25) is 9.10 Å². The monoisotopic (exact) mass is 504 g/mol. The molecule has 0 saturated carbocycles. The summed E-state index contributed by atoms with van der Waals surface area (Å²) >= 11 is 6.02. The average molecular weight is 505 g/mol. The molecule has 35 heavy (non-hydrogen) atoms. The van der Waals surface area contributed by atoms with Gasteiger partial charge in [-0.2, -0.15) is 0 Å². The number of halogens is 1. The molecule has 1 amide bonds. The first-order chi connectivity index (χ1) is 16.8. The molecule has 5 nitrogen and oxygen atoms in total. The summed E-state index contributed by atoms with van der Waals surface area (Å²) < 4.78 is 28.2. The molecule has 4 aromatic rings. The van der Waals surface area contributed by atoms with E-state index in [2.05, 4.69) is 5.32 Å². The summed E-state index contributed by atoms with van der Waals surface area (Å²) in [5, 5.41) is 3.50. The van der Waals surface area contributed by atoms with Crippen molar-refractivity contribution >= 4 is 33.2 Å². The van der Waals surface area contributed by atoms with E-state index in [9.17, 15) is 13.2 Å². The smallest absolute Gasteiger partial charge is 0.264 e. The second-order valence-corrected chi connectivity index (χ2v) is 10.4. The normalized spacial score (nSPS) is 12.1. The summed E-state index contributed by atoms with van der Waals surface area (Å²) in [5.74, 6) is -0.436. The van der Waals surface area contributed by atoms with Crippen molar-refractivity contribution in [3.63, 3.8) is 0 Å². The Kier molecular flexibility index (Phi) is 7.54. The maximum atomic E-state index is 13.5. The van der Waals surface area contributed by atoms with E-state index in [1.165, 1.54) is 12.1 Å². The lowest BCUT2D eigenvalue weighted by Crippen LogP contribution is -2.42. The summed E-state index contributed by atoms with van der Waals surface area (Å²) in [6, 6.07) is 31.5. The molecule has 178 valence electrons. The van der Waals surface area contributed by atoms with E-state index in [4.69, 9.17) is 11.6 Å². The lowest BCUT2D eigenvalue weighted by Gasteiger charge is -2.26. The third-order valence-electron chi connectivity index (χ3n) is 5.58. The molecule has 0 bridgehead atoms. The largest absolute Gasteiger partial charge is 0.344 e. The Morgan fingerprint density at radius 2 is 1.34 bits per heavy atom. The molecule has 1 atom stereocenters. The fourth-order valence-corrected chi connectivity index (χ4v) is 5.31. The molecule has 0 saturated heterocycles. The highest BCUT2D eigenvalue weighted by atomic mass is 35.5. The number of benzene rings is 4. The van der Waals surface area contributed by atoms with Gasteiger partial charge >= 0.3 is 0 Å². The van der Waals surface area contributed by atoms with Crippen LogP contribution in [0.2, 0.25) is 5.02 Å². The van der Waals surface area contributed by atoms with Crippen molar-refractivity contribution in [2.24, 2.45) is 0 Å². The molecular weight excluding hydrogens is 480 g/mol. The first kappa shape index (κ1) is 24.5. The summed E-state index contributed by atoms with van der Waals surface area (Å²) in [6.45, 7) is 1.60. The molecule has 4 rings (SSSR count). The van der Waals surface area contributed by atoms with Crippen molar-refractivity contribution in [3.05, 3.63) is 131 Å². The number of hydrogen-bond donors (Lipinski definition) is 1. The maximum absolute atomic E-state index is 13.5. The molecule has 0 aliphatic rings. The highest BCUT2D eigenvalue weighted by molar-refractivity contribution is 7.92. The van der Waals surface area contributed by atoms with Crippen LogP contribution in [-0.4, -0.2) is 20.9 Å². The molecule has 0 aliphatic carbocycles. The van der Waals surface area contributed by atoms with Crippen LogP contribution in [0, 0.1) is 6.92 Å². The van der Waals surface area contributed by atoms with E-state index in [1.807, 2.05) is 61.5 Å². The minimum absolute atomic E-state index is 0.0980. The predicted octanol–water partition coefficient (Wildman–Crippen LogP) is 5.75. The molecule has 0 radical (unpaired) electrons. The molecule has 7 heteroatoms. The number of anilines is 1. The van der Waals surface area contributed by atoms with Crippen molar-refractivity contribution in [3.8, 4) is 0 Å². The maximum Gasteiger partial charge on any atom is 0.264 e. The van der Waals surface area contributed by atoms with Crippen LogP contribution in [0.4, 0.5) is 5.69 Å². The van der Waals surface area contributed by atoms with Crippen molar-refractivity contribution in [1.29, 1.82) is 0 Å². The van der Waals surface area contributed by atoms with Crippen LogP contribution < -0.4 is 9.62 Å². The highest BCUT2D eigenvalue weighted by Gasteiger charge is 2.28. The Bertz CT molecular complexity index is 1380. The second kappa shape index (κ2) is 10.8. The average Bonchev–Trinajstić information content (AvgIpc) is 2.88. The zero-order valence-corrected chi connectivity index (χ0v) is 20.7. The number of aryl methyl sites for hydroxylation is 1. The van der Waals surface area contributed by atoms with Gasteiger partial charge in [0.1, 0.15) is 6.54 Å². The molecule has 0 aromatic heterocycles. The van der Waals surface area contributed by atoms with Gasteiger partial charge in [-0.25, -0.2) is 8.42 Å². The van der Waals surface area contributed by atoms with E-state index >= 15 is 0 Å². The fourth-order valence-electron chi connectivity index (χ4n) is 3.74. The fraction of sp³-hybridized carbons (Fsp3) is 0.107. The van der Waals surface area contributed by atoms with Gasteiger partial charge in [0.05, 0.1) is 16.6 Å². The number of rotatable bonds is 8. The van der Waals surface area contributed by atoms with E-state index in [-0.39, 0.29) is 4.90 Å². The summed E-state index contributed by atoms with van der Waals surface area (Å²) in [6.07, 6.45) is 0. The molecule has 1 N–H and O–H groups in total.